The first kappa shape index (κ1) is 18.3. The van der Waals surface area contributed by atoms with Crippen LogP contribution in [0.1, 0.15) is 79.1 Å². The fourth-order valence-corrected chi connectivity index (χ4v) is 2.58. The summed E-state index contributed by atoms with van der Waals surface area (Å²) in [7, 11) is 0. The highest BCUT2D eigenvalue weighted by Crippen LogP contribution is 2.29. The SMILES string of the molecule is CC(C)[C@@H]1CC[C@@H](C)CC1=O.CCCCCCC=O. The van der Waals surface area contributed by atoms with Gasteiger partial charge in [0.15, 0.2) is 0 Å². The summed E-state index contributed by atoms with van der Waals surface area (Å²) in [5, 5.41) is 0. The lowest BCUT2D eigenvalue weighted by atomic mass is 9.77. The van der Waals surface area contributed by atoms with Gasteiger partial charge in [0.05, 0.1) is 0 Å². The summed E-state index contributed by atoms with van der Waals surface area (Å²) in [6.45, 7) is 8.65. The van der Waals surface area contributed by atoms with E-state index in [1.165, 1.54) is 25.7 Å². The summed E-state index contributed by atoms with van der Waals surface area (Å²) in [6, 6.07) is 0. The van der Waals surface area contributed by atoms with Crippen LogP contribution < -0.4 is 0 Å². The number of unbranched alkanes of at least 4 members (excludes halogenated alkanes) is 4. The van der Waals surface area contributed by atoms with Crippen molar-refractivity contribution in [3.05, 3.63) is 0 Å². The van der Waals surface area contributed by atoms with E-state index in [1.807, 2.05) is 0 Å². The Kier molecular flexibility index (Phi) is 10.8. The van der Waals surface area contributed by atoms with Crippen molar-refractivity contribution in [2.24, 2.45) is 17.8 Å². The van der Waals surface area contributed by atoms with E-state index in [0.717, 1.165) is 32.0 Å². The van der Waals surface area contributed by atoms with Gasteiger partial charge in [0, 0.05) is 18.8 Å². The van der Waals surface area contributed by atoms with E-state index in [1.54, 1.807) is 0 Å². The zero-order chi connectivity index (χ0) is 14.7. The minimum atomic E-state index is 0.367. The van der Waals surface area contributed by atoms with E-state index in [9.17, 15) is 9.59 Å². The van der Waals surface area contributed by atoms with Gasteiger partial charge < -0.3 is 4.79 Å². The standard InChI is InChI=1S/C10H18O.C7H14O/c1-7(2)9-5-4-8(3)6-10(9)11;1-2-3-4-5-6-7-8/h7-9H,4-6H2,1-3H3;7H,2-6H2,1H3/t8-,9+;/m1./s1. The minimum absolute atomic E-state index is 0.367. The molecular weight excluding hydrogens is 236 g/mol. The summed E-state index contributed by atoms with van der Waals surface area (Å²) in [6.07, 6.45) is 9.75. The molecule has 0 aliphatic heterocycles. The topological polar surface area (TPSA) is 34.1 Å². The minimum Gasteiger partial charge on any atom is -0.303 e. The maximum atomic E-state index is 11.4. The van der Waals surface area contributed by atoms with Crippen molar-refractivity contribution in [3.8, 4) is 0 Å². The summed E-state index contributed by atoms with van der Waals surface area (Å²) in [5.74, 6) is 2.05. The molecular formula is C17H32O2. The molecule has 2 atom stereocenters. The van der Waals surface area contributed by atoms with Crippen LogP contribution >= 0.6 is 0 Å². The third kappa shape index (κ3) is 8.96. The van der Waals surface area contributed by atoms with E-state index in [0.29, 0.717) is 23.5 Å². The number of carbonyl (C=O) groups is 2. The van der Waals surface area contributed by atoms with E-state index < -0.39 is 0 Å². The van der Waals surface area contributed by atoms with Crippen LogP contribution in [-0.2, 0) is 9.59 Å². The maximum absolute atomic E-state index is 11.4. The van der Waals surface area contributed by atoms with Gasteiger partial charge in [-0.25, -0.2) is 0 Å². The Labute approximate surface area is 119 Å². The van der Waals surface area contributed by atoms with Gasteiger partial charge in [-0.15, -0.1) is 0 Å². The van der Waals surface area contributed by atoms with E-state index in [4.69, 9.17) is 0 Å². The van der Waals surface area contributed by atoms with Crippen molar-refractivity contribution in [2.45, 2.75) is 79.1 Å². The molecule has 1 aliphatic rings. The molecule has 0 heterocycles. The highest BCUT2D eigenvalue weighted by atomic mass is 16.1. The van der Waals surface area contributed by atoms with Crippen molar-refractivity contribution < 1.29 is 9.59 Å². The third-order valence-corrected chi connectivity index (χ3v) is 3.91. The van der Waals surface area contributed by atoms with Crippen molar-refractivity contribution in [2.75, 3.05) is 0 Å². The Morgan fingerprint density at radius 1 is 1.21 bits per heavy atom. The van der Waals surface area contributed by atoms with Crippen LogP contribution in [0.2, 0.25) is 0 Å². The Balaban J connectivity index is 0.000000362. The molecule has 0 unspecified atom stereocenters. The molecule has 0 aromatic heterocycles. The normalized spacial score (nSPS) is 22.9. The van der Waals surface area contributed by atoms with Crippen LogP contribution in [0.15, 0.2) is 0 Å². The van der Waals surface area contributed by atoms with E-state index >= 15 is 0 Å². The number of hydrogen-bond donors (Lipinski definition) is 0. The summed E-state index contributed by atoms with van der Waals surface area (Å²) in [4.78, 5) is 21.2. The molecule has 112 valence electrons. The lowest BCUT2D eigenvalue weighted by molar-refractivity contribution is -0.127. The van der Waals surface area contributed by atoms with Crippen molar-refractivity contribution in [1.29, 1.82) is 0 Å². The van der Waals surface area contributed by atoms with E-state index in [-0.39, 0.29) is 0 Å². The Morgan fingerprint density at radius 3 is 2.37 bits per heavy atom. The molecule has 2 nitrogen and oxygen atoms in total. The smallest absolute Gasteiger partial charge is 0.136 e. The quantitative estimate of drug-likeness (QED) is 0.512. The summed E-state index contributed by atoms with van der Waals surface area (Å²) >= 11 is 0. The van der Waals surface area contributed by atoms with Gasteiger partial charge in [-0.1, -0.05) is 47.0 Å². The average molecular weight is 268 g/mol. The predicted octanol–water partition coefficient (Wildman–Crippen LogP) is 4.80. The molecule has 2 heteroatoms. The lowest BCUT2D eigenvalue weighted by Crippen LogP contribution is -2.27. The number of aldehydes is 1. The molecule has 0 spiro atoms. The third-order valence-electron chi connectivity index (χ3n) is 3.91. The number of carbonyl (C=O) groups excluding carboxylic acids is 2. The fourth-order valence-electron chi connectivity index (χ4n) is 2.58. The first-order valence-corrected chi connectivity index (χ1v) is 7.99. The zero-order valence-corrected chi connectivity index (χ0v) is 13.3. The molecule has 1 saturated carbocycles. The lowest BCUT2D eigenvalue weighted by Gasteiger charge is -2.27. The van der Waals surface area contributed by atoms with Gasteiger partial charge >= 0.3 is 0 Å². The number of rotatable bonds is 6. The zero-order valence-electron chi connectivity index (χ0n) is 13.3. The van der Waals surface area contributed by atoms with Crippen LogP contribution in [0.25, 0.3) is 0 Å². The number of hydrogen-bond acceptors (Lipinski definition) is 2. The molecule has 0 bridgehead atoms. The molecule has 19 heavy (non-hydrogen) atoms. The second-order valence-corrected chi connectivity index (χ2v) is 6.22. The molecule has 1 rings (SSSR count). The highest BCUT2D eigenvalue weighted by Gasteiger charge is 2.27. The first-order valence-electron chi connectivity index (χ1n) is 7.99. The molecule has 1 aliphatic carbocycles. The number of Topliss-reactive ketones (excluding diaryl/α,β-unsaturated/α-hetero) is 1. The van der Waals surface area contributed by atoms with Crippen LogP contribution in [0.5, 0.6) is 0 Å². The van der Waals surface area contributed by atoms with Gasteiger partial charge in [0.1, 0.15) is 12.1 Å². The second kappa shape index (κ2) is 11.2. The molecule has 0 N–H and O–H groups in total. The van der Waals surface area contributed by atoms with Crippen LogP contribution in [-0.4, -0.2) is 12.1 Å². The molecule has 0 aromatic rings. The molecule has 0 saturated heterocycles. The van der Waals surface area contributed by atoms with Crippen LogP contribution in [0, 0.1) is 17.8 Å². The Bertz CT molecular complexity index is 246. The average Bonchev–Trinajstić information content (AvgIpc) is 2.35. The molecule has 0 amide bonds. The Hall–Kier alpha value is -0.660. The van der Waals surface area contributed by atoms with Gasteiger partial charge in [-0.3, -0.25) is 4.79 Å². The van der Waals surface area contributed by atoms with Crippen LogP contribution in [0.4, 0.5) is 0 Å². The van der Waals surface area contributed by atoms with Crippen molar-refractivity contribution in [1.82, 2.24) is 0 Å². The van der Waals surface area contributed by atoms with Crippen molar-refractivity contribution >= 4 is 12.1 Å². The largest absolute Gasteiger partial charge is 0.303 e. The van der Waals surface area contributed by atoms with Gasteiger partial charge in [0.2, 0.25) is 0 Å². The highest BCUT2D eigenvalue weighted by molar-refractivity contribution is 5.82. The van der Waals surface area contributed by atoms with E-state index in [2.05, 4.69) is 27.7 Å². The fraction of sp³-hybridized carbons (Fsp3) is 0.882. The maximum Gasteiger partial charge on any atom is 0.136 e. The van der Waals surface area contributed by atoms with Gasteiger partial charge in [-0.2, -0.15) is 0 Å². The molecule has 0 radical (unpaired) electrons. The summed E-state index contributed by atoms with van der Waals surface area (Å²) in [5.41, 5.74) is 0. The second-order valence-electron chi connectivity index (χ2n) is 6.22. The van der Waals surface area contributed by atoms with Gasteiger partial charge in [0.25, 0.3) is 0 Å². The van der Waals surface area contributed by atoms with Crippen LogP contribution in [0.3, 0.4) is 0 Å². The number of ketones is 1. The molecule has 0 aromatic carbocycles. The first-order chi connectivity index (χ1) is 9.02. The monoisotopic (exact) mass is 268 g/mol. The molecule has 1 fully saturated rings. The van der Waals surface area contributed by atoms with Crippen molar-refractivity contribution in [3.63, 3.8) is 0 Å². The predicted molar refractivity (Wildman–Crippen MR) is 81.2 cm³/mol. The van der Waals surface area contributed by atoms with Gasteiger partial charge in [-0.05, 0) is 31.1 Å². The Morgan fingerprint density at radius 2 is 1.89 bits per heavy atom. The summed E-state index contributed by atoms with van der Waals surface area (Å²) < 4.78 is 0.